The molecule has 1 saturated heterocycles. The molecule has 0 unspecified atom stereocenters. The van der Waals surface area contributed by atoms with Crippen molar-refractivity contribution in [1.29, 1.82) is 0 Å². The van der Waals surface area contributed by atoms with Crippen LogP contribution in [0, 0.1) is 0 Å². The van der Waals surface area contributed by atoms with Crippen LogP contribution in [-0.4, -0.2) is 54.3 Å². The number of hydrogen-bond acceptors (Lipinski definition) is 5. The van der Waals surface area contributed by atoms with Crippen molar-refractivity contribution in [2.45, 2.75) is 51.4 Å². The summed E-state index contributed by atoms with van der Waals surface area (Å²) in [6.07, 6.45) is 0.512. The van der Waals surface area contributed by atoms with Crippen LogP contribution in [0.5, 0.6) is 11.5 Å². The van der Waals surface area contributed by atoms with Crippen LogP contribution in [0.2, 0.25) is 0 Å². The molecule has 0 radical (unpaired) electrons. The van der Waals surface area contributed by atoms with Gasteiger partial charge in [0, 0.05) is 19.1 Å². The van der Waals surface area contributed by atoms with Gasteiger partial charge in [0.1, 0.15) is 12.2 Å². The molecule has 2 atom stereocenters. The first-order valence-corrected chi connectivity index (χ1v) is 8.98. The molecule has 1 fully saturated rings. The van der Waals surface area contributed by atoms with Crippen molar-refractivity contribution in [3.05, 3.63) is 24.3 Å². The summed E-state index contributed by atoms with van der Waals surface area (Å²) >= 11 is 0. The molecule has 2 amide bonds. The summed E-state index contributed by atoms with van der Waals surface area (Å²) in [7, 11) is 0. The van der Waals surface area contributed by atoms with E-state index in [-0.39, 0.29) is 18.6 Å². The Labute approximate surface area is 153 Å². The van der Waals surface area contributed by atoms with Crippen molar-refractivity contribution < 1.29 is 23.8 Å². The van der Waals surface area contributed by atoms with Crippen LogP contribution in [-0.2, 0) is 9.53 Å². The molecule has 1 aromatic carbocycles. The number of carbonyl (C=O) groups excluding carboxylic acids is 2. The highest BCUT2D eigenvalue weighted by atomic mass is 16.6. The number of alkyl carbamates (subject to hydrolysis) is 1. The summed E-state index contributed by atoms with van der Waals surface area (Å²) in [5.74, 6) is 1.12. The molecule has 0 spiro atoms. The smallest absolute Gasteiger partial charge is 0.407 e. The summed E-state index contributed by atoms with van der Waals surface area (Å²) in [6.45, 7) is 6.74. The van der Waals surface area contributed by atoms with E-state index in [9.17, 15) is 9.59 Å². The highest BCUT2D eigenvalue weighted by Crippen LogP contribution is 2.31. The van der Waals surface area contributed by atoms with E-state index in [0.717, 1.165) is 12.8 Å². The van der Waals surface area contributed by atoms with Gasteiger partial charge in [-0.1, -0.05) is 12.1 Å². The standard InChI is InChI=1S/C19H26N2O5/c1-19(2,3)26-18(23)20-13-7-6-10-21(11-13)17(22)16-12-24-14-8-4-5-9-15(14)25-16/h4-5,8-9,13,16H,6-7,10-12H2,1-3H3,(H,20,23)/t13-,16+/m0/s1. The van der Waals surface area contributed by atoms with Gasteiger partial charge < -0.3 is 24.4 Å². The molecule has 7 nitrogen and oxygen atoms in total. The Hall–Kier alpha value is -2.44. The Balaban J connectivity index is 1.56. The number of likely N-dealkylation sites (tertiary alicyclic amines) is 1. The Kier molecular flexibility index (Phi) is 5.25. The van der Waals surface area contributed by atoms with Crippen molar-refractivity contribution in [1.82, 2.24) is 10.2 Å². The predicted octanol–water partition coefficient (Wildman–Crippen LogP) is 2.34. The lowest BCUT2D eigenvalue weighted by Crippen LogP contribution is -2.54. The fourth-order valence-corrected chi connectivity index (χ4v) is 3.11. The highest BCUT2D eigenvalue weighted by molar-refractivity contribution is 5.82. The van der Waals surface area contributed by atoms with E-state index >= 15 is 0 Å². The fraction of sp³-hybridized carbons (Fsp3) is 0.579. The average Bonchev–Trinajstić information content (AvgIpc) is 2.59. The van der Waals surface area contributed by atoms with E-state index in [0.29, 0.717) is 24.6 Å². The molecule has 142 valence electrons. The van der Waals surface area contributed by atoms with Gasteiger partial charge in [0.15, 0.2) is 11.5 Å². The van der Waals surface area contributed by atoms with Gasteiger partial charge in [-0.15, -0.1) is 0 Å². The third kappa shape index (κ3) is 4.59. The van der Waals surface area contributed by atoms with Crippen LogP contribution < -0.4 is 14.8 Å². The summed E-state index contributed by atoms with van der Waals surface area (Å²) < 4.78 is 16.7. The molecule has 2 aliphatic heterocycles. The molecular formula is C19H26N2O5. The van der Waals surface area contributed by atoms with Crippen molar-refractivity contribution in [2.75, 3.05) is 19.7 Å². The topological polar surface area (TPSA) is 77.1 Å². The zero-order chi connectivity index (χ0) is 18.7. The molecule has 3 rings (SSSR count). The number of nitrogens with zero attached hydrogens (tertiary/aromatic N) is 1. The molecule has 1 aromatic rings. The second-order valence-corrected chi connectivity index (χ2v) is 7.63. The molecular weight excluding hydrogens is 336 g/mol. The molecule has 1 N–H and O–H groups in total. The summed E-state index contributed by atoms with van der Waals surface area (Å²) in [4.78, 5) is 26.5. The van der Waals surface area contributed by atoms with Gasteiger partial charge in [-0.05, 0) is 45.7 Å². The predicted molar refractivity (Wildman–Crippen MR) is 95.3 cm³/mol. The quantitative estimate of drug-likeness (QED) is 0.874. The van der Waals surface area contributed by atoms with Gasteiger partial charge in [0.05, 0.1) is 0 Å². The number of hydrogen-bond donors (Lipinski definition) is 1. The van der Waals surface area contributed by atoms with Crippen molar-refractivity contribution >= 4 is 12.0 Å². The van der Waals surface area contributed by atoms with Crippen molar-refractivity contribution in [2.24, 2.45) is 0 Å². The van der Waals surface area contributed by atoms with Crippen molar-refractivity contribution in [3.8, 4) is 11.5 Å². The van der Waals surface area contributed by atoms with E-state index in [1.165, 1.54) is 0 Å². The lowest BCUT2D eigenvalue weighted by Gasteiger charge is -2.36. The zero-order valence-electron chi connectivity index (χ0n) is 15.5. The number of piperidine rings is 1. The average molecular weight is 362 g/mol. The van der Waals surface area contributed by atoms with Crippen LogP contribution >= 0.6 is 0 Å². The number of benzene rings is 1. The molecule has 0 aromatic heterocycles. The Morgan fingerprint density at radius 1 is 1.23 bits per heavy atom. The number of fused-ring (bicyclic) bond motifs is 1. The molecule has 26 heavy (non-hydrogen) atoms. The number of para-hydroxylation sites is 2. The summed E-state index contributed by atoms with van der Waals surface area (Å²) in [5.41, 5.74) is -0.547. The normalized spacial score (nSPS) is 22.5. The second-order valence-electron chi connectivity index (χ2n) is 7.63. The molecule has 2 heterocycles. The Morgan fingerprint density at radius 3 is 2.69 bits per heavy atom. The van der Waals surface area contributed by atoms with Gasteiger partial charge >= 0.3 is 6.09 Å². The highest BCUT2D eigenvalue weighted by Gasteiger charge is 2.34. The number of carbonyl (C=O) groups is 2. The van der Waals surface area contributed by atoms with Crippen LogP contribution in [0.4, 0.5) is 4.79 Å². The lowest BCUT2D eigenvalue weighted by atomic mass is 10.1. The Morgan fingerprint density at radius 2 is 1.96 bits per heavy atom. The summed E-state index contributed by atoms with van der Waals surface area (Å²) in [5, 5.41) is 2.85. The van der Waals surface area contributed by atoms with E-state index in [1.54, 1.807) is 11.0 Å². The van der Waals surface area contributed by atoms with E-state index in [2.05, 4.69) is 5.32 Å². The van der Waals surface area contributed by atoms with Gasteiger partial charge in [-0.2, -0.15) is 0 Å². The number of amides is 2. The maximum absolute atomic E-state index is 12.8. The van der Waals surface area contributed by atoms with Gasteiger partial charge in [-0.3, -0.25) is 4.79 Å². The number of ether oxygens (including phenoxy) is 3. The molecule has 7 heteroatoms. The third-order valence-corrected chi connectivity index (χ3v) is 4.24. The first-order chi connectivity index (χ1) is 12.3. The van der Waals surface area contributed by atoms with Crippen LogP contribution in [0.1, 0.15) is 33.6 Å². The second kappa shape index (κ2) is 7.43. The number of nitrogens with one attached hydrogen (secondary N) is 1. The SMILES string of the molecule is CC(C)(C)OC(=O)N[C@H]1CCCN(C(=O)[C@H]2COc3ccccc3O2)C1. The lowest BCUT2D eigenvalue weighted by molar-refractivity contribution is -0.142. The fourth-order valence-electron chi connectivity index (χ4n) is 3.11. The van der Waals surface area contributed by atoms with Crippen LogP contribution in [0.25, 0.3) is 0 Å². The van der Waals surface area contributed by atoms with Gasteiger partial charge in [0.2, 0.25) is 6.10 Å². The minimum absolute atomic E-state index is 0.116. The van der Waals surface area contributed by atoms with Crippen LogP contribution in [0.15, 0.2) is 24.3 Å². The molecule has 0 aliphatic carbocycles. The van der Waals surface area contributed by atoms with Gasteiger partial charge in [0.25, 0.3) is 5.91 Å². The first-order valence-electron chi connectivity index (χ1n) is 8.98. The number of rotatable bonds is 2. The minimum atomic E-state index is -0.662. The molecule has 0 bridgehead atoms. The van der Waals surface area contributed by atoms with Gasteiger partial charge in [-0.25, -0.2) is 4.79 Å². The minimum Gasteiger partial charge on any atom is -0.485 e. The molecule has 2 aliphatic rings. The maximum atomic E-state index is 12.8. The maximum Gasteiger partial charge on any atom is 0.407 e. The first kappa shape index (κ1) is 18.4. The zero-order valence-corrected chi connectivity index (χ0v) is 15.5. The van der Waals surface area contributed by atoms with E-state index in [4.69, 9.17) is 14.2 Å². The molecule has 0 saturated carbocycles. The Bertz CT molecular complexity index is 670. The van der Waals surface area contributed by atoms with E-state index < -0.39 is 17.8 Å². The largest absolute Gasteiger partial charge is 0.485 e. The van der Waals surface area contributed by atoms with Crippen LogP contribution in [0.3, 0.4) is 0 Å². The monoisotopic (exact) mass is 362 g/mol. The third-order valence-electron chi connectivity index (χ3n) is 4.24. The summed E-state index contributed by atoms with van der Waals surface area (Å²) in [6, 6.07) is 7.19. The van der Waals surface area contributed by atoms with E-state index in [1.807, 2.05) is 39.0 Å². The van der Waals surface area contributed by atoms with Crippen molar-refractivity contribution in [3.63, 3.8) is 0 Å².